The Hall–Kier alpha value is -2.82. The summed E-state index contributed by atoms with van der Waals surface area (Å²) in [6.07, 6.45) is 0. The van der Waals surface area contributed by atoms with Crippen molar-refractivity contribution >= 4 is 0 Å². The molecule has 1 saturated heterocycles. The van der Waals surface area contributed by atoms with Crippen molar-refractivity contribution in [2.24, 2.45) is 0 Å². The number of ether oxygens (including phenoxy) is 2. The fourth-order valence-electron chi connectivity index (χ4n) is 3.87. The fourth-order valence-corrected chi connectivity index (χ4v) is 3.87. The lowest BCUT2D eigenvalue weighted by Crippen LogP contribution is -2.45. The Labute approximate surface area is 179 Å². The number of piperazine rings is 1. The molecule has 0 bridgehead atoms. The number of nitrogens with zero attached hydrogens (tertiary/aromatic N) is 2. The molecule has 0 atom stereocenters. The Balaban J connectivity index is 1.32. The number of methoxy groups -OCH3 is 1. The molecule has 156 valence electrons. The highest BCUT2D eigenvalue weighted by molar-refractivity contribution is 5.43. The van der Waals surface area contributed by atoms with Gasteiger partial charge in [0.2, 0.25) is 0 Å². The van der Waals surface area contributed by atoms with E-state index in [1.54, 1.807) is 7.11 Å². The van der Waals surface area contributed by atoms with Crippen LogP contribution in [-0.4, -0.2) is 43.1 Å². The van der Waals surface area contributed by atoms with Gasteiger partial charge in [-0.05, 0) is 28.8 Å². The van der Waals surface area contributed by atoms with E-state index in [4.69, 9.17) is 9.47 Å². The summed E-state index contributed by atoms with van der Waals surface area (Å²) in [6.45, 7) is 6.88. The summed E-state index contributed by atoms with van der Waals surface area (Å²) in [5.41, 5.74) is 3.80. The van der Waals surface area contributed by atoms with Crippen LogP contribution in [0.2, 0.25) is 0 Å². The minimum absolute atomic E-state index is 0.540. The van der Waals surface area contributed by atoms with Crippen LogP contribution in [0.15, 0.2) is 78.9 Å². The second-order valence-corrected chi connectivity index (χ2v) is 7.80. The first-order chi connectivity index (χ1) is 14.8. The van der Waals surface area contributed by atoms with Gasteiger partial charge in [-0.25, -0.2) is 0 Å². The van der Waals surface area contributed by atoms with Crippen molar-refractivity contribution in [3.63, 3.8) is 0 Å². The maximum absolute atomic E-state index is 6.08. The first kappa shape index (κ1) is 20.5. The summed E-state index contributed by atoms with van der Waals surface area (Å²) in [6, 6.07) is 27.2. The predicted octanol–water partition coefficient (Wildman–Crippen LogP) is 4.59. The third-order valence-electron chi connectivity index (χ3n) is 5.59. The summed E-state index contributed by atoms with van der Waals surface area (Å²) in [4.78, 5) is 5.05. The zero-order valence-corrected chi connectivity index (χ0v) is 17.7. The lowest BCUT2D eigenvalue weighted by atomic mass is 10.1. The first-order valence-electron chi connectivity index (χ1n) is 10.6. The van der Waals surface area contributed by atoms with Crippen molar-refractivity contribution in [1.82, 2.24) is 9.80 Å². The maximum Gasteiger partial charge on any atom is 0.161 e. The van der Waals surface area contributed by atoms with E-state index in [9.17, 15) is 0 Å². The molecule has 0 spiro atoms. The number of hydrogen-bond acceptors (Lipinski definition) is 4. The molecule has 1 fully saturated rings. The largest absolute Gasteiger partial charge is 0.493 e. The van der Waals surface area contributed by atoms with Gasteiger partial charge < -0.3 is 9.47 Å². The van der Waals surface area contributed by atoms with E-state index in [1.165, 1.54) is 11.1 Å². The molecule has 3 aromatic rings. The molecular weight excluding hydrogens is 372 g/mol. The lowest BCUT2D eigenvalue weighted by molar-refractivity contribution is 0.122. The van der Waals surface area contributed by atoms with Crippen LogP contribution in [0.25, 0.3) is 0 Å². The van der Waals surface area contributed by atoms with Gasteiger partial charge in [-0.2, -0.15) is 0 Å². The fraction of sp³-hybridized carbons (Fsp3) is 0.308. The molecule has 0 aromatic heterocycles. The third-order valence-corrected chi connectivity index (χ3v) is 5.59. The first-order valence-corrected chi connectivity index (χ1v) is 10.6. The molecule has 4 nitrogen and oxygen atoms in total. The van der Waals surface area contributed by atoms with Gasteiger partial charge in [0, 0.05) is 39.3 Å². The second-order valence-electron chi connectivity index (χ2n) is 7.80. The predicted molar refractivity (Wildman–Crippen MR) is 121 cm³/mol. The highest BCUT2D eigenvalue weighted by atomic mass is 16.5. The van der Waals surface area contributed by atoms with Crippen molar-refractivity contribution < 1.29 is 9.47 Å². The Morgan fingerprint density at radius 1 is 0.633 bits per heavy atom. The minimum Gasteiger partial charge on any atom is -0.493 e. The highest BCUT2D eigenvalue weighted by Gasteiger charge is 2.18. The van der Waals surface area contributed by atoms with Crippen LogP contribution < -0.4 is 9.47 Å². The molecular formula is C26H30N2O2. The minimum atomic E-state index is 0.540. The molecule has 0 aliphatic carbocycles. The molecule has 30 heavy (non-hydrogen) atoms. The quantitative estimate of drug-likeness (QED) is 0.550. The summed E-state index contributed by atoms with van der Waals surface area (Å²) in [5.74, 6) is 1.59. The summed E-state index contributed by atoms with van der Waals surface area (Å²) < 4.78 is 11.6. The molecule has 0 amide bonds. The van der Waals surface area contributed by atoms with Gasteiger partial charge in [-0.1, -0.05) is 66.7 Å². The monoisotopic (exact) mass is 402 g/mol. The highest BCUT2D eigenvalue weighted by Crippen LogP contribution is 2.29. The molecule has 0 unspecified atom stereocenters. The maximum atomic E-state index is 6.08. The Morgan fingerprint density at radius 2 is 1.20 bits per heavy atom. The van der Waals surface area contributed by atoms with Crippen LogP contribution in [0.4, 0.5) is 0 Å². The standard InChI is InChI=1S/C26H30N2O2/c1-29-25-13-12-24(18-26(25)30-21-23-10-6-3-7-11-23)20-28-16-14-27(15-17-28)19-22-8-4-2-5-9-22/h2-13,18H,14-17,19-21H2,1H3. The molecule has 0 saturated carbocycles. The number of hydrogen-bond donors (Lipinski definition) is 0. The van der Waals surface area contributed by atoms with Gasteiger partial charge in [0.1, 0.15) is 6.61 Å². The molecule has 1 heterocycles. The van der Waals surface area contributed by atoms with Crippen LogP contribution in [0, 0.1) is 0 Å². The Morgan fingerprint density at radius 3 is 1.80 bits per heavy atom. The van der Waals surface area contributed by atoms with E-state index in [2.05, 4.69) is 64.4 Å². The van der Waals surface area contributed by atoms with Crippen molar-refractivity contribution in [3.8, 4) is 11.5 Å². The van der Waals surface area contributed by atoms with Gasteiger partial charge in [0.05, 0.1) is 7.11 Å². The lowest BCUT2D eigenvalue weighted by Gasteiger charge is -2.34. The van der Waals surface area contributed by atoms with E-state index >= 15 is 0 Å². The van der Waals surface area contributed by atoms with Crippen LogP contribution in [-0.2, 0) is 19.7 Å². The third kappa shape index (κ3) is 5.62. The smallest absolute Gasteiger partial charge is 0.161 e. The second kappa shape index (κ2) is 10.3. The molecule has 4 rings (SSSR count). The summed E-state index contributed by atoms with van der Waals surface area (Å²) in [7, 11) is 1.69. The van der Waals surface area contributed by atoms with E-state index < -0.39 is 0 Å². The molecule has 4 heteroatoms. The average Bonchev–Trinajstić information content (AvgIpc) is 2.80. The van der Waals surface area contributed by atoms with E-state index in [0.29, 0.717) is 6.61 Å². The topological polar surface area (TPSA) is 24.9 Å². The molecule has 1 aliphatic heterocycles. The van der Waals surface area contributed by atoms with Gasteiger partial charge in [0.15, 0.2) is 11.5 Å². The van der Waals surface area contributed by atoms with Crippen molar-refractivity contribution in [1.29, 1.82) is 0 Å². The van der Waals surface area contributed by atoms with Gasteiger partial charge in [-0.15, -0.1) is 0 Å². The number of benzene rings is 3. The number of rotatable bonds is 8. The SMILES string of the molecule is COc1ccc(CN2CCN(Cc3ccccc3)CC2)cc1OCc1ccccc1. The van der Waals surface area contributed by atoms with E-state index in [-0.39, 0.29) is 0 Å². The molecule has 1 aliphatic rings. The Kier molecular flexibility index (Phi) is 7.01. The average molecular weight is 403 g/mol. The van der Waals surface area contributed by atoms with Gasteiger partial charge in [0.25, 0.3) is 0 Å². The van der Waals surface area contributed by atoms with Crippen molar-refractivity contribution in [2.75, 3.05) is 33.3 Å². The summed E-state index contributed by atoms with van der Waals surface area (Å²) >= 11 is 0. The van der Waals surface area contributed by atoms with Crippen LogP contribution in [0.5, 0.6) is 11.5 Å². The van der Waals surface area contributed by atoms with Crippen molar-refractivity contribution in [2.45, 2.75) is 19.7 Å². The molecule has 3 aromatic carbocycles. The zero-order valence-electron chi connectivity index (χ0n) is 17.7. The van der Waals surface area contributed by atoms with Crippen LogP contribution >= 0.6 is 0 Å². The van der Waals surface area contributed by atoms with Crippen molar-refractivity contribution in [3.05, 3.63) is 95.6 Å². The normalized spacial score (nSPS) is 15.1. The summed E-state index contributed by atoms with van der Waals surface area (Å²) in [5, 5.41) is 0. The van der Waals surface area contributed by atoms with Crippen LogP contribution in [0.3, 0.4) is 0 Å². The Bertz CT molecular complexity index is 907. The van der Waals surface area contributed by atoms with Gasteiger partial charge >= 0.3 is 0 Å². The van der Waals surface area contributed by atoms with E-state index in [1.807, 2.05) is 24.3 Å². The van der Waals surface area contributed by atoms with Crippen LogP contribution in [0.1, 0.15) is 16.7 Å². The molecule has 0 N–H and O–H groups in total. The zero-order chi connectivity index (χ0) is 20.6. The van der Waals surface area contributed by atoms with Gasteiger partial charge in [-0.3, -0.25) is 9.80 Å². The molecule has 0 radical (unpaired) electrons. The van der Waals surface area contributed by atoms with E-state index in [0.717, 1.165) is 56.3 Å².